The predicted molar refractivity (Wildman–Crippen MR) is 52.0 cm³/mol. The van der Waals surface area contributed by atoms with Crippen LogP contribution >= 0.6 is 0 Å². The van der Waals surface area contributed by atoms with Crippen molar-refractivity contribution in [3.63, 3.8) is 0 Å². The molecule has 0 unspecified atom stereocenters. The molecule has 0 aliphatic carbocycles. The number of carbonyl (C=O) groups excluding carboxylic acids is 1. The first kappa shape index (κ1) is 10.1. The van der Waals surface area contributed by atoms with Crippen molar-refractivity contribution in [1.29, 1.82) is 0 Å². The molecular weight excluding hydrogens is 199 g/mol. The van der Waals surface area contributed by atoms with Gasteiger partial charge in [-0.05, 0) is 12.5 Å². The van der Waals surface area contributed by atoms with Gasteiger partial charge < -0.3 is 15.6 Å². The third kappa shape index (κ3) is 1.49. The summed E-state index contributed by atoms with van der Waals surface area (Å²) < 4.78 is 13.4. The molecule has 4 nitrogen and oxygen atoms in total. The molecule has 1 aromatic carbocycles. The number of hydrogen-bond donors (Lipinski definition) is 1. The lowest BCUT2D eigenvalue weighted by Crippen LogP contribution is -2.71. The first-order chi connectivity index (χ1) is 7.15. The number of nitrogens with zero attached hydrogens (tertiary/aromatic N) is 1. The highest BCUT2D eigenvalue weighted by molar-refractivity contribution is 6.00. The van der Waals surface area contributed by atoms with Gasteiger partial charge in [-0.3, -0.25) is 4.79 Å². The van der Waals surface area contributed by atoms with Gasteiger partial charge in [-0.2, -0.15) is 0 Å². The van der Waals surface area contributed by atoms with E-state index in [-0.39, 0.29) is 17.2 Å². The summed E-state index contributed by atoms with van der Waals surface area (Å²) in [7, 11) is 1.64. The Bertz CT molecular complexity index is 420. The number of hydrogen-bond acceptors (Lipinski definition) is 2. The van der Waals surface area contributed by atoms with Crippen LogP contribution in [0.15, 0.2) is 12.1 Å². The summed E-state index contributed by atoms with van der Waals surface area (Å²) in [6.07, 6.45) is 0.463. The summed E-state index contributed by atoms with van der Waals surface area (Å²) >= 11 is 0. The van der Waals surface area contributed by atoms with Crippen LogP contribution in [0, 0.1) is 11.0 Å². The second kappa shape index (κ2) is 3.60. The number of halogens is 1. The highest BCUT2D eigenvalue weighted by atomic mass is 19.1. The summed E-state index contributed by atoms with van der Waals surface area (Å²) in [5.41, 5.74) is 1.44. The Labute approximate surface area is 86.3 Å². The first-order valence-corrected chi connectivity index (χ1v) is 4.67. The van der Waals surface area contributed by atoms with Crippen LogP contribution in [0.2, 0.25) is 0 Å². The number of likely N-dealkylation sites (N-methyl/N-ethyl adjacent to an activating group) is 1. The van der Waals surface area contributed by atoms with Crippen molar-refractivity contribution in [3.05, 3.63) is 34.3 Å². The van der Waals surface area contributed by atoms with Crippen molar-refractivity contribution in [2.45, 2.75) is 6.42 Å². The van der Waals surface area contributed by atoms with Crippen molar-refractivity contribution in [3.8, 4) is 0 Å². The van der Waals surface area contributed by atoms with Crippen LogP contribution in [0.25, 0.3) is 0 Å². The van der Waals surface area contributed by atoms with Crippen LogP contribution in [0.1, 0.15) is 15.9 Å². The lowest BCUT2D eigenvalue weighted by Gasteiger charge is -2.26. The Balaban J connectivity index is 2.63. The van der Waals surface area contributed by atoms with Crippen LogP contribution in [0.5, 0.6) is 0 Å². The zero-order chi connectivity index (χ0) is 11.0. The molecule has 0 aromatic heterocycles. The molecule has 0 fully saturated rings. The van der Waals surface area contributed by atoms with Gasteiger partial charge in [-0.15, -0.1) is 0 Å². The molecular formula is C10H11FN2O2. The Morgan fingerprint density at radius 2 is 2.27 bits per heavy atom. The number of rotatable bonds is 1. The zero-order valence-electron chi connectivity index (χ0n) is 8.29. The van der Waals surface area contributed by atoms with E-state index in [0.717, 1.165) is 0 Å². The fraction of sp³-hybridized carbons (Fsp3) is 0.300. The van der Waals surface area contributed by atoms with E-state index in [2.05, 4.69) is 0 Å². The molecule has 0 bridgehead atoms. The average molecular weight is 210 g/mol. The quantitative estimate of drug-likeness (QED) is 0.529. The number of quaternary nitrogens is 1. The van der Waals surface area contributed by atoms with Gasteiger partial charge in [0, 0.05) is 25.2 Å². The van der Waals surface area contributed by atoms with Crippen molar-refractivity contribution in [2.24, 2.45) is 0 Å². The maximum atomic E-state index is 13.4. The van der Waals surface area contributed by atoms with E-state index in [1.54, 1.807) is 7.05 Å². The van der Waals surface area contributed by atoms with Crippen LogP contribution in [-0.4, -0.2) is 24.4 Å². The molecule has 0 saturated heterocycles. The molecule has 1 aromatic rings. The summed E-state index contributed by atoms with van der Waals surface area (Å²) in [5, 5.41) is 10.7. The van der Waals surface area contributed by atoms with Gasteiger partial charge in [-0.1, -0.05) is 0 Å². The Morgan fingerprint density at radius 3 is 2.93 bits per heavy atom. The van der Waals surface area contributed by atoms with Crippen molar-refractivity contribution < 1.29 is 14.7 Å². The molecule has 0 spiro atoms. The molecule has 80 valence electrons. The molecule has 2 N–H and O–H groups in total. The van der Waals surface area contributed by atoms with Gasteiger partial charge in [0.2, 0.25) is 0 Å². The summed E-state index contributed by atoms with van der Waals surface area (Å²) in [4.78, 5) is 13.2. The van der Waals surface area contributed by atoms with E-state index in [1.165, 1.54) is 17.0 Å². The minimum atomic E-state index is -0.406. The fourth-order valence-electron chi connectivity index (χ4n) is 1.81. The summed E-state index contributed by atoms with van der Waals surface area (Å²) in [5.74, 6) is -0.685. The SMILES string of the molecule is CN1CCc2c(F)ccc([NH2+][O-])c2C1=O. The fourth-order valence-corrected chi connectivity index (χ4v) is 1.81. The summed E-state index contributed by atoms with van der Waals surface area (Å²) in [6.45, 7) is 0.491. The van der Waals surface area contributed by atoms with Crippen LogP contribution in [0.4, 0.5) is 10.1 Å². The largest absolute Gasteiger partial charge is 0.630 e. The molecule has 0 atom stereocenters. The van der Waals surface area contributed by atoms with E-state index in [1.807, 2.05) is 0 Å². The highest BCUT2D eigenvalue weighted by Crippen LogP contribution is 2.25. The Hall–Kier alpha value is -1.46. The molecule has 5 heteroatoms. The van der Waals surface area contributed by atoms with Gasteiger partial charge in [0.05, 0.1) is 0 Å². The van der Waals surface area contributed by atoms with Gasteiger partial charge in [0.25, 0.3) is 5.91 Å². The maximum Gasteiger partial charge on any atom is 0.260 e. The van der Waals surface area contributed by atoms with Crippen molar-refractivity contribution in [2.75, 3.05) is 13.6 Å². The minimum absolute atomic E-state index is 0.221. The molecule has 1 aliphatic heterocycles. The molecule has 1 heterocycles. The normalized spacial score (nSPS) is 15.4. The smallest absolute Gasteiger partial charge is 0.260 e. The second-order valence-electron chi connectivity index (χ2n) is 3.58. The monoisotopic (exact) mass is 210 g/mol. The number of nitrogens with two attached hydrogens (primary N) is 1. The Morgan fingerprint density at radius 1 is 1.53 bits per heavy atom. The van der Waals surface area contributed by atoms with Gasteiger partial charge >= 0.3 is 0 Å². The molecule has 15 heavy (non-hydrogen) atoms. The predicted octanol–water partition coefficient (Wildman–Crippen LogP) is 0.146. The van der Waals surface area contributed by atoms with Crippen molar-refractivity contribution >= 4 is 11.6 Å². The third-order valence-electron chi connectivity index (χ3n) is 2.67. The number of amides is 1. The molecule has 1 aliphatic rings. The van der Waals surface area contributed by atoms with Gasteiger partial charge in [0.1, 0.15) is 17.1 Å². The minimum Gasteiger partial charge on any atom is -0.630 e. The number of fused-ring (bicyclic) bond motifs is 1. The van der Waals surface area contributed by atoms with E-state index in [9.17, 15) is 14.4 Å². The molecule has 0 saturated carbocycles. The molecule has 2 rings (SSSR count). The maximum absolute atomic E-state index is 13.4. The Kier molecular flexibility index (Phi) is 2.42. The topological polar surface area (TPSA) is 60.0 Å². The van der Waals surface area contributed by atoms with E-state index in [4.69, 9.17) is 0 Å². The zero-order valence-corrected chi connectivity index (χ0v) is 8.29. The molecule has 1 amide bonds. The van der Waals surface area contributed by atoms with E-state index >= 15 is 0 Å². The number of carbonyl (C=O) groups is 1. The average Bonchev–Trinajstić information content (AvgIpc) is 2.24. The summed E-state index contributed by atoms with van der Waals surface area (Å²) in [6, 6.07) is 2.58. The van der Waals surface area contributed by atoms with Crippen molar-refractivity contribution in [1.82, 2.24) is 4.90 Å². The van der Waals surface area contributed by atoms with Crippen LogP contribution < -0.4 is 5.48 Å². The molecule has 0 radical (unpaired) electrons. The van der Waals surface area contributed by atoms with E-state index in [0.29, 0.717) is 24.0 Å². The second-order valence-corrected chi connectivity index (χ2v) is 3.58. The standard InChI is InChI=1S/C10H11FN2O2/c1-13-5-4-6-7(11)2-3-8(12-15)9(6)10(13)14/h2-3H,4-5,12H2,1H3. The van der Waals surface area contributed by atoms with Gasteiger partial charge in [0.15, 0.2) is 0 Å². The third-order valence-corrected chi connectivity index (χ3v) is 2.67. The first-order valence-electron chi connectivity index (χ1n) is 4.67. The van der Waals surface area contributed by atoms with Crippen LogP contribution in [0.3, 0.4) is 0 Å². The highest BCUT2D eigenvalue weighted by Gasteiger charge is 2.28. The number of benzene rings is 1. The lowest BCUT2D eigenvalue weighted by molar-refractivity contribution is -0.497. The van der Waals surface area contributed by atoms with Crippen LogP contribution in [-0.2, 0) is 6.42 Å². The van der Waals surface area contributed by atoms with E-state index < -0.39 is 5.82 Å². The lowest BCUT2D eigenvalue weighted by atomic mass is 9.97. The van der Waals surface area contributed by atoms with Gasteiger partial charge in [-0.25, -0.2) is 4.39 Å².